The van der Waals surface area contributed by atoms with Gasteiger partial charge in [-0.15, -0.1) is 0 Å². The topological polar surface area (TPSA) is 65.1 Å². The first-order valence-corrected chi connectivity index (χ1v) is 5.61. The number of nitrogens with zero attached hydrogens (tertiary/aromatic N) is 2. The molecule has 7 heteroatoms. The summed E-state index contributed by atoms with van der Waals surface area (Å²) in [6, 6.07) is 6.36. The number of hydrogen-bond acceptors (Lipinski definition) is 3. The summed E-state index contributed by atoms with van der Waals surface area (Å²) in [6.45, 7) is 0. The number of nitro groups is 1. The standard InChI is InChI=1S/C11H6BrFN2O3/c12-7-4-10(15(17)18)11(16)14(6-7)9-3-1-2-8(13)5-9/h1-6H. The van der Waals surface area contributed by atoms with Gasteiger partial charge in [-0.3, -0.25) is 19.5 Å². The summed E-state index contributed by atoms with van der Waals surface area (Å²) in [7, 11) is 0. The van der Waals surface area contributed by atoms with Gasteiger partial charge in [-0.05, 0) is 34.1 Å². The molecule has 0 amide bonds. The normalized spacial score (nSPS) is 10.3. The van der Waals surface area contributed by atoms with Gasteiger partial charge in [0.05, 0.1) is 10.6 Å². The zero-order valence-electron chi connectivity index (χ0n) is 8.84. The Kier molecular flexibility index (Phi) is 3.24. The zero-order valence-corrected chi connectivity index (χ0v) is 10.4. The van der Waals surface area contributed by atoms with Crippen LogP contribution >= 0.6 is 15.9 Å². The van der Waals surface area contributed by atoms with Crippen LogP contribution in [0.3, 0.4) is 0 Å². The van der Waals surface area contributed by atoms with E-state index in [0.717, 1.165) is 16.7 Å². The molecule has 0 saturated carbocycles. The Bertz CT molecular complexity index is 684. The number of hydrogen-bond donors (Lipinski definition) is 0. The van der Waals surface area contributed by atoms with Crippen LogP contribution in [0, 0.1) is 15.9 Å². The summed E-state index contributed by atoms with van der Waals surface area (Å²) in [5.74, 6) is -0.526. The maximum atomic E-state index is 13.1. The van der Waals surface area contributed by atoms with E-state index < -0.39 is 22.0 Å². The number of halogens is 2. The van der Waals surface area contributed by atoms with Gasteiger partial charge in [-0.2, -0.15) is 0 Å². The highest BCUT2D eigenvalue weighted by Gasteiger charge is 2.16. The Morgan fingerprint density at radius 1 is 1.33 bits per heavy atom. The molecule has 0 bridgehead atoms. The van der Waals surface area contributed by atoms with Crippen molar-refractivity contribution < 1.29 is 9.31 Å². The van der Waals surface area contributed by atoms with Crippen LogP contribution in [0.2, 0.25) is 0 Å². The minimum absolute atomic E-state index is 0.226. The molecule has 0 aliphatic heterocycles. The van der Waals surface area contributed by atoms with Crippen molar-refractivity contribution in [2.45, 2.75) is 0 Å². The van der Waals surface area contributed by atoms with E-state index in [9.17, 15) is 19.3 Å². The zero-order chi connectivity index (χ0) is 13.3. The largest absolute Gasteiger partial charge is 0.335 e. The highest BCUT2D eigenvalue weighted by molar-refractivity contribution is 9.10. The fraction of sp³-hybridized carbons (Fsp3) is 0. The van der Waals surface area contributed by atoms with Crippen LogP contribution in [0.15, 0.2) is 45.8 Å². The number of aromatic nitrogens is 1. The van der Waals surface area contributed by atoms with Gasteiger partial charge in [0.1, 0.15) is 5.82 Å². The van der Waals surface area contributed by atoms with Gasteiger partial charge >= 0.3 is 11.2 Å². The Balaban J connectivity index is 2.72. The third-order valence-electron chi connectivity index (χ3n) is 2.25. The van der Waals surface area contributed by atoms with Crippen LogP contribution in [0.1, 0.15) is 0 Å². The Labute approximate surface area is 109 Å². The SMILES string of the molecule is O=c1c([N+](=O)[O-])cc(Br)cn1-c1cccc(F)c1. The molecule has 0 unspecified atom stereocenters. The molecule has 18 heavy (non-hydrogen) atoms. The van der Waals surface area contributed by atoms with Crippen LogP contribution in [0.5, 0.6) is 0 Å². The van der Waals surface area contributed by atoms with Crippen molar-refractivity contribution in [2.75, 3.05) is 0 Å². The lowest BCUT2D eigenvalue weighted by atomic mass is 10.3. The molecular weight excluding hydrogens is 307 g/mol. The van der Waals surface area contributed by atoms with Crippen LogP contribution in [0.25, 0.3) is 5.69 Å². The quantitative estimate of drug-likeness (QED) is 0.632. The Morgan fingerprint density at radius 2 is 2.06 bits per heavy atom. The molecule has 92 valence electrons. The molecule has 1 aromatic heterocycles. The van der Waals surface area contributed by atoms with Crippen LogP contribution in [-0.2, 0) is 0 Å². The Hall–Kier alpha value is -2.02. The summed E-state index contributed by atoms with van der Waals surface area (Å²) >= 11 is 3.07. The molecular formula is C11H6BrFN2O3. The predicted octanol–water partition coefficient (Wildman–Crippen LogP) is 2.65. The fourth-order valence-corrected chi connectivity index (χ4v) is 1.91. The first kappa shape index (κ1) is 12.4. The van der Waals surface area contributed by atoms with E-state index in [1.807, 2.05) is 0 Å². The molecule has 0 spiro atoms. The Morgan fingerprint density at radius 3 is 2.67 bits per heavy atom. The lowest BCUT2D eigenvalue weighted by molar-refractivity contribution is -0.386. The van der Waals surface area contributed by atoms with Crippen molar-refractivity contribution in [2.24, 2.45) is 0 Å². The molecule has 1 aromatic carbocycles. The van der Waals surface area contributed by atoms with Gasteiger partial charge in [0.2, 0.25) is 0 Å². The van der Waals surface area contributed by atoms with E-state index in [1.165, 1.54) is 24.4 Å². The smallest absolute Gasteiger partial charge is 0.277 e. The third kappa shape index (κ3) is 2.30. The summed E-state index contributed by atoms with van der Waals surface area (Å²) in [5, 5.41) is 10.7. The predicted molar refractivity (Wildman–Crippen MR) is 66.4 cm³/mol. The van der Waals surface area contributed by atoms with Crippen LogP contribution in [-0.4, -0.2) is 9.49 Å². The van der Waals surface area contributed by atoms with E-state index in [-0.39, 0.29) is 5.69 Å². The van der Waals surface area contributed by atoms with E-state index in [0.29, 0.717) is 4.47 Å². The molecule has 0 saturated heterocycles. The fourth-order valence-electron chi connectivity index (χ4n) is 1.48. The molecule has 1 heterocycles. The highest BCUT2D eigenvalue weighted by Crippen LogP contribution is 2.17. The van der Waals surface area contributed by atoms with Gasteiger partial charge in [-0.1, -0.05) is 6.07 Å². The molecule has 2 rings (SSSR count). The summed E-state index contributed by atoms with van der Waals surface area (Å²) in [4.78, 5) is 21.8. The second-order valence-corrected chi connectivity index (χ2v) is 4.37. The molecule has 0 radical (unpaired) electrons. The minimum Gasteiger partial charge on any atom is -0.277 e. The molecule has 0 N–H and O–H groups in total. The van der Waals surface area contributed by atoms with Crippen molar-refractivity contribution in [3.8, 4) is 5.69 Å². The van der Waals surface area contributed by atoms with Crippen molar-refractivity contribution >= 4 is 21.6 Å². The first-order chi connectivity index (χ1) is 8.49. The molecule has 2 aromatic rings. The molecule has 5 nitrogen and oxygen atoms in total. The van der Waals surface area contributed by atoms with E-state index in [2.05, 4.69) is 15.9 Å². The second kappa shape index (κ2) is 4.69. The average molecular weight is 313 g/mol. The van der Waals surface area contributed by atoms with Gasteiger partial charge in [0.15, 0.2) is 0 Å². The van der Waals surface area contributed by atoms with Crippen molar-refractivity contribution in [3.63, 3.8) is 0 Å². The summed E-state index contributed by atoms with van der Waals surface area (Å²) in [5.41, 5.74) is -1.16. The second-order valence-electron chi connectivity index (χ2n) is 3.46. The number of pyridine rings is 1. The van der Waals surface area contributed by atoms with Crippen molar-refractivity contribution in [1.82, 2.24) is 4.57 Å². The van der Waals surface area contributed by atoms with Crippen molar-refractivity contribution in [1.29, 1.82) is 0 Å². The van der Waals surface area contributed by atoms with Crippen LogP contribution in [0.4, 0.5) is 10.1 Å². The molecule has 0 fully saturated rings. The maximum Gasteiger partial charge on any atom is 0.335 e. The molecule has 0 atom stereocenters. The summed E-state index contributed by atoms with van der Waals surface area (Å²) in [6.07, 6.45) is 1.35. The third-order valence-corrected chi connectivity index (χ3v) is 2.68. The maximum absolute atomic E-state index is 13.1. The average Bonchev–Trinajstić information content (AvgIpc) is 2.31. The van der Waals surface area contributed by atoms with Gasteiger partial charge in [0.25, 0.3) is 0 Å². The molecule has 0 aliphatic rings. The van der Waals surface area contributed by atoms with E-state index in [1.54, 1.807) is 0 Å². The van der Waals surface area contributed by atoms with Gasteiger partial charge in [-0.25, -0.2) is 4.39 Å². The summed E-state index contributed by atoms with van der Waals surface area (Å²) < 4.78 is 14.5. The van der Waals surface area contributed by atoms with Gasteiger partial charge < -0.3 is 0 Å². The lowest BCUT2D eigenvalue weighted by Gasteiger charge is -2.06. The van der Waals surface area contributed by atoms with E-state index in [4.69, 9.17) is 0 Å². The van der Waals surface area contributed by atoms with Gasteiger partial charge in [0, 0.05) is 16.7 Å². The van der Waals surface area contributed by atoms with Crippen LogP contribution < -0.4 is 5.56 Å². The number of benzene rings is 1. The monoisotopic (exact) mass is 312 g/mol. The number of rotatable bonds is 2. The highest BCUT2D eigenvalue weighted by atomic mass is 79.9. The first-order valence-electron chi connectivity index (χ1n) is 4.81. The minimum atomic E-state index is -0.811. The lowest BCUT2D eigenvalue weighted by Crippen LogP contribution is -2.20. The molecule has 0 aliphatic carbocycles. The van der Waals surface area contributed by atoms with Crippen molar-refractivity contribution in [3.05, 3.63) is 67.3 Å². The van der Waals surface area contributed by atoms with E-state index >= 15 is 0 Å².